The molecular weight excluding hydrogens is 291 g/mol. The van der Waals surface area contributed by atoms with Crippen molar-refractivity contribution >= 4 is 17.0 Å². The van der Waals surface area contributed by atoms with Crippen molar-refractivity contribution in [2.45, 2.75) is 31.6 Å². The summed E-state index contributed by atoms with van der Waals surface area (Å²) < 4.78 is 13.1. The summed E-state index contributed by atoms with van der Waals surface area (Å²) in [6.07, 6.45) is 4.67. The molecule has 2 heterocycles. The molecule has 1 aliphatic rings. The third-order valence-electron chi connectivity index (χ3n) is 4.47. The van der Waals surface area contributed by atoms with Gasteiger partial charge in [-0.1, -0.05) is 12.8 Å². The standard InChI is InChI=1S/C18H17FN4/c19-13-7-5-11(6-8-13)14-9-10-15-17(21-14)16(23-18(20)22-15)12-3-1-2-4-12/h5-10,12H,1-4H2,(H2,20,22,23). The van der Waals surface area contributed by atoms with Gasteiger partial charge >= 0.3 is 0 Å². The highest BCUT2D eigenvalue weighted by atomic mass is 19.1. The van der Waals surface area contributed by atoms with E-state index in [1.165, 1.54) is 25.0 Å². The number of hydrogen-bond acceptors (Lipinski definition) is 4. The van der Waals surface area contributed by atoms with Crippen molar-refractivity contribution in [1.29, 1.82) is 0 Å². The van der Waals surface area contributed by atoms with Crippen molar-refractivity contribution in [2.24, 2.45) is 0 Å². The van der Waals surface area contributed by atoms with Crippen LogP contribution in [0.4, 0.5) is 10.3 Å². The van der Waals surface area contributed by atoms with E-state index >= 15 is 0 Å². The molecular formula is C18H17FN4. The van der Waals surface area contributed by atoms with Gasteiger partial charge in [-0.2, -0.15) is 0 Å². The van der Waals surface area contributed by atoms with Crippen LogP contribution in [0.15, 0.2) is 36.4 Å². The number of fused-ring (bicyclic) bond motifs is 1. The number of hydrogen-bond donors (Lipinski definition) is 1. The van der Waals surface area contributed by atoms with Crippen LogP contribution >= 0.6 is 0 Å². The topological polar surface area (TPSA) is 64.7 Å². The van der Waals surface area contributed by atoms with Gasteiger partial charge < -0.3 is 5.73 Å². The molecule has 23 heavy (non-hydrogen) atoms. The van der Waals surface area contributed by atoms with Gasteiger partial charge in [-0.05, 0) is 49.2 Å². The number of halogens is 1. The van der Waals surface area contributed by atoms with Crippen LogP contribution in [-0.4, -0.2) is 15.0 Å². The SMILES string of the molecule is Nc1nc(C2CCCC2)c2nc(-c3ccc(F)cc3)ccc2n1. The molecule has 0 bridgehead atoms. The van der Waals surface area contributed by atoms with Crippen molar-refractivity contribution in [1.82, 2.24) is 15.0 Å². The van der Waals surface area contributed by atoms with E-state index in [9.17, 15) is 4.39 Å². The number of anilines is 1. The highest BCUT2D eigenvalue weighted by Gasteiger charge is 2.22. The van der Waals surface area contributed by atoms with E-state index in [-0.39, 0.29) is 5.82 Å². The molecule has 1 fully saturated rings. The quantitative estimate of drug-likeness (QED) is 0.775. The number of pyridine rings is 1. The lowest BCUT2D eigenvalue weighted by Crippen LogP contribution is -2.05. The monoisotopic (exact) mass is 308 g/mol. The van der Waals surface area contributed by atoms with Gasteiger partial charge in [-0.15, -0.1) is 0 Å². The molecule has 1 aromatic carbocycles. The largest absolute Gasteiger partial charge is 0.368 e. The highest BCUT2D eigenvalue weighted by molar-refractivity contribution is 5.81. The van der Waals surface area contributed by atoms with Gasteiger partial charge in [0.15, 0.2) is 0 Å². The van der Waals surface area contributed by atoms with E-state index in [1.807, 2.05) is 12.1 Å². The first-order valence-corrected chi connectivity index (χ1v) is 7.91. The van der Waals surface area contributed by atoms with Crippen LogP contribution in [0.5, 0.6) is 0 Å². The molecule has 2 N–H and O–H groups in total. The molecule has 0 amide bonds. The zero-order valence-corrected chi connectivity index (χ0v) is 12.7. The van der Waals surface area contributed by atoms with Crippen LogP contribution in [0.2, 0.25) is 0 Å². The lowest BCUT2D eigenvalue weighted by Gasteiger charge is -2.12. The Hall–Kier alpha value is -2.56. The van der Waals surface area contributed by atoms with Crippen molar-refractivity contribution in [3.05, 3.63) is 47.9 Å². The van der Waals surface area contributed by atoms with Crippen molar-refractivity contribution < 1.29 is 4.39 Å². The van der Waals surface area contributed by atoms with E-state index in [1.54, 1.807) is 12.1 Å². The molecule has 5 heteroatoms. The zero-order chi connectivity index (χ0) is 15.8. The van der Waals surface area contributed by atoms with E-state index < -0.39 is 0 Å². The minimum absolute atomic E-state index is 0.253. The van der Waals surface area contributed by atoms with Gasteiger partial charge in [0, 0.05) is 11.5 Å². The summed E-state index contributed by atoms with van der Waals surface area (Å²) >= 11 is 0. The normalized spacial score (nSPS) is 15.3. The Morgan fingerprint density at radius 1 is 0.913 bits per heavy atom. The summed E-state index contributed by atoms with van der Waals surface area (Å²) in [7, 11) is 0. The average Bonchev–Trinajstić information content (AvgIpc) is 3.09. The molecule has 1 aliphatic carbocycles. The maximum absolute atomic E-state index is 13.1. The lowest BCUT2D eigenvalue weighted by molar-refractivity contribution is 0.628. The summed E-state index contributed by atoms with van der Waals surface area (Å²) in [6, 6.07) is 10.2. The predicted molar refractivity (Wildman–Crippen MR) is 88.3 cm³/mol. The van der Waals surface area contributed by atoms with Crippen LogP contribution < -0.4 is 5.73 Å². The maximum atomic E-state index is 13.1. The van der Waals surface area contributed by atoms with Gasteiger partial charge in [0.2, 0.25) is 5.95 Å². The summed E-state index contributed by atoms with van der Waals surface area (Å²) in [5.41, 5.74) is 10.1. The summed E-state index contributed by atoms with van der Waals surface area (Å²) in [4.78, 5) is 13.5. The molecule has 0 unspecified atom stereocenters. The van der Waals surface area contributed by atoms with E-state index in [0.717, 1.165) is 40.8 Å². The zero-order valence-electron chi connectivity index (χ0n) is 12.7. The molecule has 0 atom stereocenters. The smallest absolute Gasteiger partial charge is 0.220 e. The fraction of sp³-hybridized carbons (Fsp3) is 0.278. The predicted octanol–water partition coefficient (Wildman–Crippen LogP) is 4.07. The molecule has 0 radical (unpaired) electrons. The van der Waals surface area contributed by atoms with Gasteiger partial charge in [-0.3, -0.25) is 0 Å². The maximum Gasteiger partial charge on any atom is 0.220 e. The number of nitrogens with two attached hydrogens (primary N) is 1. The molecule has 3 aromatic rings. The minimum Gasteiger partial charge on any atom is -0.368 e. The Kier molecular flexibility index (Phi) is 3.41. The van der Waals surface area contributed by atoms with Crippen LogP contribution in [0.25, 0.3) is 22.3 Å². The fourth-order valence-corrected chi connectivity index (χ4v) is 3.32. The van der Waals surface area contributed by atoms with Crippen molar-refractivity contribution in [3.63, 3.8) is 0 Å². The molecule has 0 saturated heterocycles. The second-order valence-corrected chi connectivity index (χ2v) is 6.02. The van der Waals surface area contributed by atoms with E-state index in [4.69, 9.17) is 10.7 Å². The number of nitrogens with zero attached hydrogens (tertiary/aromatic N) is 3. The number of aromatic nitrogens is 3. The second kappa shape index (κ2) is 5.57. The summed E-state index contributed by atoms with van der Waals surface area (Å²) in [6.45, 7) is 0. The summed E-state index contributed by atoms with van der Waals surface area (Å²) in [5, 5.41) is 0. The first-order chi connectivity index (χ1) is 11.2. The Labute approximate surface area is 133 Å². The van der Waals surface area contributed by atoms with Crippen LogP contribution in [0.3, 0.4) is 0 Å². The van der Waals surface area contributed by atoms with Crippen molar-refractivity contribution in [2.75, 3.05) is 5.73 Å². The Balaban J connectivity index is 1.87. The van der Waals surface area contributed by atoms with Crippen LogP contribution in [0.1, 0.15) is 37.3 Å². The van der Waals surface area contributed by atoms with E-state index in [0.29, 0.717) is 11.9 Å². The van der Waals surface area contributed by atoms with E-state index in [2.05, 4.69) is 9.97 Å². The molecule has 116 valence electrons. The Bertz CT molecular complexity index is 855. The van der Waals surface area contributed by atoms with Crippen LogP contribution in [0, 0.1) is 5.82 Å². The number of benzene rings is 1. The molecule has 2 aromatic heterocycles. The lowest BCUT2D eigenvalue weighted by atomic mass is 10.0. The molecule has 4 nitrogen and oxygen atoms in total. The first-order valence-electron chi connectivity index (χ1n) is 7.91. The first kappa shape index (κ1) is 14.1. The number of rotatable bonds is 2. The Morgan fingerprint density at radius 2 is 1.65 bits per heavy atom. The third kappa shape index (κ3) is 2.63. The highest BCUT2D eigenvalue weighted by Crippen LogP contribution is 2.36. The number of nitrogen functional groups attached to an aromatic ring is 1. The van der Waals surface area contributed by atoms with Gasteiger partial charge in [0.25, 0.3) is 0 Å². The molecule has 4 rings (SSSR count). The molecule has 1 saturated carbocycles. The molecule has 0 spiro atoms. The molecule has 0 aliphatic heterocycles. The Morgan fingerprint density at radius 3 is 2.39 bits per heavy atom. The fourth-order valence-electron chi connectivity index (χ4n) is 3.32. The summed E-state index contributed by atoms with van der Waals surface area (Å²) in [5.74, 6) is 0.451. The van der Waals surface area contributed by atoms with Crippen molar-refractivity contribution in [3.8, 4) is 11.3 Å². The average molecular weight is 308 g/mol. The second-order valence-electron chi connectivity index (χ2n) is 6.02. The van der Waals surface area contributed by atoms with Crippen LogP contribution in [-0.2, 0) is 0 Å². The third-order valence-corrected chi connectivity index (χ3v) is 4.47. The van der Waals surface area contributed by atoms with Gasteiger partial charge in [0.1, 0.15) is 11.3 Å². The van der Waals surface area contributed by atoms with Gasteiger partial charge in [0.05, 0.1) is 16.9 Å². The van der Waals surface area contributed by atoms with Gasteiger partial charge in [-0.25, -0.2) is 19.3 Å². The minimum atomic E-state index is -0.253.